The molecule has 0 amide bonds. The van der Waals surface area contributed by atoms with Gasteiger partial charge in [0.1, 0.15) is 0 Å². The Hall–Kier alpha value is -0.870. The van der Waals surface area contributed by atoms with Gasteiger partial charge in [0.05, 0.1) is 0 Å². The van der Waals surface area contributed by atoms with Crippen molar-refractivity contribution < 1.29 is 4.21 Å². The zero-order valence-electron chi connectivity index (χ0n) is 11.7. The third-order valence-corrected chi connectivity index (χ3v) is 4.87. The topological polar surface area (TPSA) is 32.3 Å². The molecule has 19 heavy (non-hydrogen) atoms. The molecule has 2 rings (SSSR count). The monoisotopic (exact) mass is 280 g/mol. The van der Waals surface area contributed by atoms with Crippen molar-refractivity contribution in [1.29, 1.82) is 0 Å². The van der Waals surface area contributed by atoms with Gasteiger partial charge in [0.25, 0.3) is 0 Å². The summed E-state index contributed by atoms with van der Waals surface area (Å²) in [6.07, 6.45) is 2.63. The summed E-state index contributed by atoms with van der Waals surface area (Å²) < 4.78 is 11.3. The Bertz CT molecular complexity index is 399. The first-order valence-electron chi connectivity index (χ1n) is 7.19. The number of benzene rings is 1. The van der Waals surface area contributed by atoms with Gasteiger partial charge in [-0.25, -0.2) is 0 Å². The van der Waals surface area contributed by atoms with Gasteiger partial charge in [-0.05, 0) is 30.5 Å². The SMILES string of the molecule is CCS(=O)CCNCc1ccc(N2CCCC2)cc1. The molecule has 0 saturated carbocycles. The van der Waals surface area contributed by atoms with Gasteiger partial charge < -0.3 is 10.2 Å². The third kappa shape index (κ3) is 4.62. The smallest absolute Gasteiger partial charge is 0.0366 e. The van der Waals surface area contributed by atoms with Crippen molar-refractivity contribution in [3.63, 3.8) is 0 Å². The first kappa shape index (κ1) is 14.5. The lowest BCUT2D eigenvalue weighted by molar-refractivity contribution is 0.674. The van der Waals surface area contributed by atoms with E-state index in [4.69, 9.17) is 0 Å². The zero-order valence-corrected chi connectivity index (χ0v) is 12.5. The molecule has 0 aliphatic carbocycles. The summed E-state index contributed by atoms with van der Waals surface area (Å²) in [6.45, 7) is 6.05. The van der Waals surface area contributed by atoms with Crippen molar-refractivity contribution in [3.8, 4) is 0 Å². The molecule has 106 valence electrons. The van der Waals surface area contributed by atoms with E-state index >= 15 is 0 Å². The fraction of sp³-hybridized carbons (Fsp3) is 0.600. The van der Waals surface area contributed by atoms with Crippen LogP contribution in [0, 0.1) is 0 Å². The van der Waals surface area contributed by atoms with Crippen LogP contribution in [0.1, 0.15) is 25.3 Å². The highest BCUT2D eigenvalue weighted by molar-refractivity contribution is 7.84. The summed E-state index contributed by atoms with van der Waals surface area (Å²) in [6, 6.07) is 8.81. The lowest BCUT2D eigenvalue weighted by atomic mass is 10.2. The molecule has 1 atom stereocenters. The highest BCUT2D eigenvalue weighted by Crippen LogP contribution is 2.20. The van der Waals surface area contributed by atoms with E-state index in [0.717, 1.165) is 24.6 Å². The normalized spacial score (nSPS) is 16.8. The van der Waals surface area contributed by atoms with E-state index in [1.807, 2.05) is 6.92 Å². The highest BCUT2D eigenvalue weighted by Gasteiger charge is 2.11. The van der Waals surface area contributed by atoms with E-state index in [0.29, 0.717) is 0 Å². The minimum atomic E-state index is -0.659. The first-order valence-corrected chi connectivity index (χ1v) is 8.68. The Kier molecular flexibility index (Phi) is 5.86. The van der Waals surface area contributed by atoms with Gasteiger partial charge in [0.15, 0.2) is 0 Å². The lowest BCUT2D eigenvalue weighted by Crippen LogP contribution is -2.21. The van der Waals surface area contributed by atoms with E-state index in [9.17, 15) is 4.21 Å². The standard InChI is InChI=1S/C15H24N2OS/c1-2-19(18)12-9-16-13-14-5-7-15(8-6-14)17-10-3-4-11-17/h5-8,16H,2-4,9-13H2,1H3. The Morgan fingerprint density at radius 1 is 1.21 bits per heavy atom. The van der Waals surface area contributed by atoms with Crippen LogP contribution in [0.2, 0.25) is 0 Å². The molecule has 3 nitrogen and oxygen atoms in total. The maximum atomic E-state index is 11.3. The molecule has 1 fully saturated rings. The summed E-state index contributed by atoms with van der Waals surface area (Å²) in [4.78, 5) is 2.45. The maximum absolute atomic E-state index is 11.3. The Balaban J connectivity index is 1.74. The Labute approximate surface area is 118 Å². The van der Waals surface area contributed by atoms with Crippen LogP contribution in [0.25, 0.3) is 0 Å². The van der Waals surface area contributed by atoms with E-state index in [2.05, 4.69) is 34.5 Å². The largest absolute Gasteiger partial charge is 0.372 e. The molecular weight excluding hydrogens is 256 g/mol. The van der Waals surface area contributed by atoms with E-state index in [-0.39, 0.29) is 0 Å². The van der Waals surface area contributed by atoms with Crippen molar-refractivity contribution in [2.75, 3.05) is 36.0 Å². The molecule has 1 N–H and O–H groups in total. The second-order valence-corrected chi connectivity index (χ2v) is 6.84. The molecule has 0 bridgehead atoms. The van der Waals surface area contributed by atoms with Gasteiger partial charge >= 0.3 is 0 Å². The summed E-state index contributed by atoms with van der Waals surface area (Å²) >= 11 is 0. The Morgan fingerprint density at radius 2 is 1.89 bits per heavy atom. The zero-order chi connectivity index (χ0) is 13.5. The molecule has 1 aliphatic heterocycles. The van der Waals surface area contributed by atoms with Crippen molar-refractivity contribution >= 4 is 16.5 Å². The van der Waals surface area contributed by atoms with Crippen molar-refractivity contribution in [3.05, 3.63) is 29.8 Å². The third-order valence-electron chi connectivity index (χ3n) is 3.57. The second kappa shape index (κ2) is 7.65. The molecule has 0 spiro atoms. The fourth-order valence-corrected chi connectivity index (χ4v) is 3.02. The number of nitrogens with zero attached hydrogens (tertiary/aromatic N) is 1. The van der Waals surface area contributed by atoms with Crippen LogP contribution in [0.15, 0.2) is 24.3 Å². The molecule has 1 aromatic carbocycles. The molecule has 0 aromatic heterocycles. The molecule has 1 aromatic rings. The average Bonchev–Trinajstić information content (AvgIpc) is 2.98. The van der Waals surface area contributed by atoms with Crippen LogP contribution < -0.4 is 10.2 Å². The van der Waals surface area contributed by atoms with E-state index < -0.39 is 10.8 Å². The van der Waals surface area contributed by atoms with Crippen LogP contribution in [-0.2, 0) is 17.3 Å². The maximum Gasteiger partial charge on any atom is 0.0366 e. The average molecular weight is 280 g/mol. The minimum Gasteiger partial charge on any atom is -0.372 e. The highest BCUT2D eigenvalue weighted by atomic mass is 32.2. The lowest BCUT2D eigenvalue weighted by Gasteiger charge is -2.17. The van der Waals surface area contributed by atoms with E-state index in [1.165, 1.54) is 37.2 Å². The second-order valence-electron chi connectivity index (χ2n) is 4.97. The molecule has 1 aliphatic rings. The number of nitrogens with one attached hydrogen (secondary N) is 1. The predicted molar refractivity (Wildman–Crippen MR) is 83.1 cm³/mol. The molecule has 1 unspecified atom stereocenters. The van der Waals surface area contributed by atoms with Gasteiger partial charge in [0, 0.05) is 54.2 Å². The van der Waals surface area contributed by atoms with Crippen LogP contribution in [0.3, 0.4) is 0 Å². The molecular formula is C15H24N2OS. The van der Waals surface area contributed by atoms with Gasteiger partial charge in [0.2, 0.25) is 0 Å². The van der Waals surface area contributed by atoms with Crippen molar-refractivity contribution in [1.82, 2.24) is 5.32 Å². The van der Waals surface area contributed by atoms with Gasteiger partial charge in [-0.2, -0.15) is 0 Å². The van der Waals surface area contributed by atoms with Crippen molar-refractivity contribution in [2.24, 2.45) is 0 Å². The van der Waals surface area contributed by atoms with Gasteiger partial charge in [-0.15, -0.1) is 0 Å². The summed E-state index contributed by atoms with van der Waals surface area (Å²) in [5, 5.41) is 3.35. The minimum absolute atomic E-state index is 0.659. The van der Waals surface area contributed by atoms with Crippen LogP contribution >= 0.6 is 0 Å². The number of hydrogen-bond acceptors (Lipinski definition) is 3. The van der Waals surface area contributed by atoms with Crippen LogP contribution in [0.4, 0.5) is 5.69 Å². The number of hydrogen-bond donors (Lipinski definition) is 1. The fourth-order valence-electron chi connectivity index (χ4n) is 2.36. The van der Waals surface area contributed by atoms with Gasteiger partial charge in [-0.3, -0.25) is 4.21 Å². The summed E-state index contributed by atoms with van der Waals surface area (Å²) in [5.74, 6) is 1.51. The van der Waals surface area contributed by atoms with Gasteiger partial charge in [-0.1, -0.05) is 19.1 Å². The summed E-state index contributed by atoms with van der Waals surface area (Å²) in [5.41, 5.74) is 2.64. The molecule has 0 radical (unpaired) electrons. The summed E-state index contributed by atoms with van der Waals surface area (Å²) in [7, 11) is -0.659. The molecule has 4 heteroatoms. The first-order chi connectivity index (χ1) is 9.29. The number of rotatable bonds is 7. The van der Waals surface area contributed by atoms with Crippen molar-refractivity contribution in [2.45, 2.75) is 26.3 Å². The van der Waals surface area contributed by atoms with Crippen LogP contribution in [-0.4, -0.2) is 35.3 Å². The molecule has 1 saturated heterocycles. The molecule has 1 heterocycles. The quantitative estimate of drug-likeness (QED) is 0.777. The predicted octanol–water partition coefficient (Wildman–Crippen LogP) is 2.14. The van der Waals surface area contributed by atoms with E-state index in [1.54, 1.807) is 0 Å². The Morgan fingerprint density at radius 3 is 2.53 bits per heavy atom. The number of anilines is 1. The van der Waals surface area contributed by atoms with Crippen LogP contribution in [0.5, 0.6) is 0 Å².